The van der Waals surface area contributed by atoms with Gasteiger partial charge in [-0.15, -0.1) is 0 Å². The molecule has 0 saturated carbocycles. The second kappa shape index (κ2) is 19.0. The number of pyridine rings is 2. The lowest BCUT2D eigenvalue weighted by atomic mass is 10.1. The van der Waals surface area contributed by atoms with E-state index in [0.29, 0.717) is 35.0 Å². The third-order valence-corrected chi connectivity index (χ3v) is 12.1. The van der Waals surface area contributed by atoms with Gasteiger partial charge in [-0.2, -0.15) is 5.10 Å². The summed E-state index contributed by atoms with van der Waals surface area (Å²) in [6.45, 7) is 14.0. The fraction of sp³-hybridized carbons (Fsp3) is 0.327. The smallest absolute Gasteiger partial charge is 0.217 e. The summed E-state index contributed by atoms with van der Waals surface area (Å²) < 4.78 is 21.4. The topological polar surface area (TPSA) is 197 Å². The van der Waals surface area contributed by atoms with Crippen molar-refractivity contribution in [1.82, 2.24) is 50.3 Å². The Morgan fingerprint density at radius 3 is 1.82 bits per heavy atom. The molecule has 0 spiro atoms. The van der Waals surface area contributed by atoms with Crippen molar-refractivity contribution in [1.29, 1.82) is 0 Å². The van der Waals surface area contributed by atoms with Crippen molar-refractivity contribution in [3.05, 3.63) is 120 Å². The first kappa shape index (κ1) is 44.4. The van der Waals surface area contributed by atoms with Crippen LogP contribution in [0.5, 0.6) is 0 Å². The van der Waals surface area contributed by atoms with Gasteiger partial charge >= 0.3 is 0 Å². The van der Waals surface area contributed by atoms with Crippen LogP contribution in [0.25, 0.3) is 38.5 Å². The summed E-state index contributed by atoms with van der Waals surface area (Å²) in [7, 11) is 0. The molecule has 0 radical (unpaired) electrons. The van der Waals surface area contributed by atoms with E-state index >= 15 is 0 Å². The van der Waals surface area contributed by atoms with Gasteiger partial charge in [0.15, 0.2) is 5.82 Å². The number of carbonyl (C=O) groups excluding carboxylic acids is 2. The Hall–Kier alpha value is -7.76. The SMILES string of the molecule is CC(=O)N[C@@H]1CCN(c2cc3c(NC(C)c4ccccc4-n4cccn4)nc(C)nc3cn2)C1.CC(=O)N[C@@H]1CCN(c2cc3c(N[C@@H](C)c4cccc5c(F)coc45)nc(C)nc3cn2)C1. The van der Waals surface area contributed by atoms with Crippen LogP contribution in [-0.4, -0.2) is 89.8 Å². The van der Waals surface area contributed by atoms with Crippen LogP contribution in [-0.2, 0) is 9.59 Å². The average Bonchev–Trinajstić information content (AvgIpc) is 4.16. The van der Waals surface area contributed by atoms with Gasteiger partial charge in [-0.25, -0.2) is 39.0 Å². The van der Waals surface area contributed by atoms with Crippen molar-refractivity contribution in [2.24, 2.45) is 0 Å². The molecule has 2 amide bonds. The number of aryl methyl sites for hydroxylation is 2. The molecule has 2 aliphatic heterocycles. The van der Waals surface area contributed by atoms with Crippen molar-refractivity contribution in [2.45, 2.75) is 78.6 Å². The molecule has 4 atom stereocenters. The van der Waals surface area contributed by atoms with Crippen molar-refractivity contribution in [2.75, 3.05) is 46.6 Å². The van der Waals surface area contributed by atoms with Gasteiger partial charge in [-0.05, 0) is 76.4 Å². The van der Waals surface area contributed by atoms with E-state index in [4.69, 9.17) is 9.40 Å². The lowest BCUT2D eigenvalue weighted by Gasteiger charge is -2.21. The van der Waals surface area contributed by atoms with E-state index in [9.17, 15) is 14.0 Å². The Morgan fingerprint density at radius 1 is 0.716 bits per heavy atom. The monoisotopic (exact) mass is 904 g/mol. The van der Waals surface area contributed by atoms with Crippen LogP contribution >= 0.6 is 0 Å². The molecule has 4 N–H and O–H groups in total. The molecule has 67 heavy (non-hydrogen) atoms. The number of halogens is 1. The Morgan fingerprint density at radius 2 is 1.27 bits per heavy atom. The number of nitrogens with one attached hydrogen (secondary N) is 4. The van der Waals surface area contributed by atoms with Gasteiger partial charge < -0.3 is 35.5 Å². The van der Waals surface area contributed by atoms with Crippen molar-refractivity contribution in [3.63, 3.8) is 0 Å². The molecule has 2 aromatic carbocycles. The molecule has 2 aliphatic rings. The number of hydrogen-bond acceptors (Lipinski definition) is 14. The summed E-state index contributed by atoms with van der Waals surface area (Å²) in [6.07, 6.45) is 10.2. The van der Waals surface area contributed by atoms with Gasteiger partial charge in [-0.1, -0.05) is 30.3 Å². The molecule has 2 fully saturated rings. The number of carbonyl (C=O) groups is 2. The minimum Gasteiger partial charge on any atom is -0.461 e. The summed E-state index contributed by atoms with van der Waals surface area (Å²) in [4.78, 5) is 54.9. The molecule has 10 rings (SSSR count). The van der Waals surface area contributed by atoms with Crippen molar-refractivity contribution >= 4 is 67.9 Å². The van der Waals surface area contributed by atoms with E-state index in [2.05, 4.69) is 80.1 Å². The van der Waals surface area contributed by atoms with E-state index in [-0.39, 0.29) is 41.8 Å². The highest BCUT2D eigenvalue weighted by molar-refractivity contribution is 5.92. The second-order valence-corrected chi connectivity index (χ2v) is 17.2. The third-order valence-electron chi connectivity index (χ3n) is 12.1. The predicted molar refractivity (Wildman–Crippen MR) is 257 cm³/mol. The maximum absolute atomic E-state index is 14.0. The van der Waals surface area contributed by atoms with Gasteiger partial charge in [0.25, 0.3) is 0 Å². The van der Waals surface area contributed by atoms with Crippen LogP contribution in [0.2, 0.25) is 0 Å². The molecule has 8 heterocycles. The number of furan rings is 1. The highest BCUT2D eigenvalue weighted by Crippen LogP contribution is 2.33. The van der Waals surface area contributed by atoms with Crippen LogP contribution < -0.4 is 31.1 Å². The number of fused-ring (bicyclic) bond motifs is 3. The van der Waals surface area contributed by atoms with E-state index < -0.39 is 0 Å². The highest BCUT2D eigenvalue weighted by Gasteiger charge is 2.27. The van der Waals surface area contributed by atoms with Crippen molar-refractivity contribution in [3.8, 4) is 5.69 Å². The minimum atomic E-state index is -0.374. The molecule has 0 aliphatic carbocycles. The first-order valence-electron chi connectivity index (χ1n) is 22.5. The van der Waals surface area contributed by atoms with Crippen LogP contribution in [0, 0.1) is 19.7 Å². The number of anilines is 4. The van der Waals surface area contributed by atoms with Crippen molar-refractivity contribution < 1.29 is 18.4 Å². The highest BCUT2D eigenvalue weighted by atomic mass is 19.1. The maximum atomic E-state index is 14.0. The first-order chi connectivity index (χ1) is 32.4. The summed E-state index contributed by atoms with van der Waals surface area (Å²) in [5, 5.41) is 19.7. The predicted octanol–water partition coefficient (Wildman–Crippen LogP) is 7.51. The number of nitrogens with zero attached hydrogens (tertiary/aromatic N) is 10. The Kier molecular flexibility index (Phi) is 12.6. The van der Waals surface area contributed by atoms with Crippen LogP contribution in [0.4, 0.5) is 27.7 Å². The largest absolute Gasteiger partial charge is 0.461 e. The quantitative estimate of drug-likeness (QED) is 0.0995. The Bertz CT molecular complexity index is 3090. The molecule has 2 saturated heterocycles. The Labute approximate surface area is 386 Å². The fourth-order valence-corrected chi connectivity index (χ4v) is 9.02. The Balaban J connectivity index is 0.000000168. The molecular formula is C49H53FN14O3. The normalized spacial score (nSPS) is 16.8. The molecule has 0 bridgehead atoms. The molecule has 1 unspecified atom stereocenters. The molecule has 6 aromatic heterocycles. The number of amides is 2. The zero-order valence-electron chi connectivity index (χ0n) is 38.3. The first-order valence-corrected chi connectivity index (χ1v) is 22.5. The lowest BCUT2D eigenvalue weighted by Crippen LogP contribution is -2.35. The second-order valence-electron chi connectivity index (χ2n) is 17.2. The molecule has 8 aromatic rings. The number of benzene rings is 2. The molecule has 17 nitrogen and oxygen atoms in total. The average molecular weight is 905 g/mol. The van der Waals surface area contributed by atoms with Gasteiger partial charge in [0, 0.05) is 80.8 Å². The summed E-state index contributed by atoms with van der Waals surface area (Å²) in [5.74, 6) is 4.03. The van der Waals surface area contributed by atoms with Crippen LogP contribution in [0.3, 0.4) is 0 Å². The standard InChI is InChI=1S/C25H28N8O.C24H25FN6O2/c1-16(20-7-4-5-8-23(20)33-11-6-10-27-33)28-25-21-13-24(26-14-22(21)29-17(2)30-25)32-12-9-19(15-32)31-18(3)34;1-13(17-5-4-6-18-20(25)12-33-23(17)18)27-24-19-9-22(26-10-21(19)28-14(2)29-24)31-8-7-16(11-31)30-15(3)32/h4-8,10-11,13-14,16,19H,9,12,15H2,1-3H3,(H,31,34)(H,28,29,30);4-6,9-10,12-13,16H,7-8,11H2,1-3H3,(H,30,32)(H,27,28,29)/t16?,19-;13-,16+/m10/s1. The van der Waals surface area contributed by atoms with Gasteiger partial charge in [-0.3, -0.25) is 9.59 Å². The number of aromatic nitrogens is 8. The van der Waals surface area contributed by atoms with E-state index in [0.717, 1.165) is 94.8 Å². The van der Waals surface area contributed by atoms with E-state index in [1.165, 1.54) is 6.92 Å². The van der Waals surface area contributed by atoms with Gasteiger partial charge in [0.2, 0.25) is 11.8 Å². The molecule has 344 valence electrons. The summed E-state index contributed by atoms with van der Waals surface area (Å²) in [6, 6.07) is 19.6. The zero-order chi connectivity index (χ0) is 46.8. The number of hydrogen-bond donors (Lipinski definition) is 4. The van der Waals surface area contributed by atoms with Gasteiger partial charge in [0.1, 0.15) is 46.8 Å². The van der Waals surface area contributed by atoms with Crippen LogP contribution in [0.15, 0.2) is 96.1 Å². The summed E-state index contributed by atoms with van der Waals surface area (Å²) in [5.41, 5.74) is 5.03. The third kappa shape index (κ3) is 9.78. The molecule has 18 heteroatoms. The van der Waals surface area contributed by atoms with E-state index in [1.54, 1.807) is 31.6 Å². The van der Waals surface area contributed by atoms with Gasteiger partial charge in [0.05, 0.1) is 46.6 Å². The zero-order valence-corrected chi connectivity index (χ0v) is 38.3. The number of para-hydroxylation sites is 2. The maximum Gasteiger partial charge on any atom is 0.217 e. The lowest BCUT2D eigenvalue weighted by molar-refractivity contribution is -0.120. The fourth-order valence-electron chi connectivity index (χ4n) is 9.02. The summed E-state index contributed by atoms with van der Waals surface area (Å²) >= 11 is 0. The molecular weight excluding hydrogens is 852 g/mol. The van der Waals surface area contributed by atoms with Crippen LogP contribution in [0.1, 0.15) is 75.4 Å². The number of rotatable bonds is 11. The van der Waals surface area contributed by atoms with E-state index in [1.807, 2.05) is 74.1 Å². The minimum absolute atomic E-state index is 0.00179.